The van der Waals surface area contributed by atoms with Gasteiger partial charge in [-0.1, -0.05) is 36.4 Å². The molecule has 1 aliphatic carbocycles. The first-order chi connectivity index (χ1) is 11.1. The van der Waals surface area contributed by atoms with Gasteiger partial charge in [-0.3, -0.25) is 4.84 Å². The van der Waals surface area contributed by atoms with Crippen LogP contribution in [-0.4, -0.2) is 40.2 Å². The SMILES string of the molecule is [C-]#[N+]C1=CC(O)[C@H]2O[C@@H](C)C[C@@]1(NOCc1ccccc1)C2O. The maximum Gasteiger partial charge on any atom is 0.189 e. The van der Waals surface area contributed by atoms with Gasteiger partial charge in [-0.2, -0.15) is 5.48 Å². The van der Waals surface area contributed by atoms with Crippen LogP contribution in [-0.2, 0) is 16.2 Å². The van der Waals surface area contributed by atoms with E-state index in [0.717, 1.165) is 5.56 Å². The number of aliphatic hydroxyl groups excluding tert-OH is 2. The summed E-state index contributed by atoms with van der Waals surface area (Å²) in [6.45, 7) is 9.55. The predicted molar refractivity (Wildman–Crippen MR) is 82.7 cm³/mol. The van der Waals surface area contributed by atoms with E-state index in [-0.39, 0.29) is 11.8 Å². The maximum absolute atomic E-state index is 10.6. The molecule has 2 bridgehead atoms. The highest BCUT2D eigenvalue weighted by molar-refractivity contribution is 5.35. The Balaban J connectivity index is 1.81. The Morgan fingerprint density at radius 1 is 1.39 bits per heavy atom. The molecule has 3 rings (SSSR count). The lowest BCUT2D eigenvalue weighted by Gasteiger charge is -2.50. The number of ether oxygens (including phenoxy) is 1. The van der Waals surface area contributed by atoms with Crippen LogP contribution in [0.4, 0.5) is 0 Å². The summed E-state index contributed by atoms with van der Waals surface area (Å²) in [5, 5.41) is 20.7. The number of hydrogen-bond donors (Lipinski definition) is 3. The number of nitrogens with zero attached hydrogens (tertiary/aromatic N) is 1. The van der Waals surface area contributed by atoms with Crippen molar-refractivity contribution in [2.45, 2.75) is 49.9 Å². The summed E-state index contributed by atoms with van der Waals surface area (Å²) in [5.74, 6) is 0. The van der Waals surface area contributed by atoms with Crippen molar-refractivity contribution in [2.75, 3.05) is 0 Å². The van der Waals surface area contributed by atoms with E-state index < -0.39 is 23.9 Å². The molecule has 1 aliphatic heterocycles. The minimum atomic E-state index is -1.06. The van der Waals surface area contributed by atoms with Gasteiger partial charge in [0.1, 0.15) is 11.6 Å². The molecule has 1 fully saturated rings. The van der Waals surface area contributed by atoms with Crippen LogP contribution in [0.3, 0.4) is 0 Å². The zero-order valence-electron chi connectivity index (χ0n) is 12.8. The third-order valence-electron chi connectivity index (χ3n) is 4.39. The summed E-state index contributed by atoms with van der Waals surface area (Å²) < 4.78 is 5.62. The van der Waals surface area contributed by atoms with Gasteiger partial charge in [-0.15, -0.1) is 0 Å². The van der Waals surface area contributed by atoms with Crippen molar-refractivity contribution in [3.05, 3.63) is 59.1 Å². The largest absolute Gasteiger partial charge is 0.389 e. The lowest BCUT2D eigenvalue weighted by Crippen LogP contribution is -2.68. The van der Waals surface area contributed by atoms with E-state index in [1.54, 1.807) is 0 Å². The topological polar surface area (TPSA) is 75.3 Å². The average molecular weight is 316 g/mol. The second-order valence-corrected chi connectivity index (χ2v) is 6.06. The van der Waals surface area contributed by atoms with Crippen molar-refractivity contribution in [1.29, 1.82) is 0 Å². The first kappa shape index (κ1) is 16.1. The number of nitrogens with one attached hydrogen (secondary N) is 1. The minimum absolute atomic E-state index is 0.212. The lowest BCUT2D eigenvalue weighted by molar-refractivity contribution is -0.206. The van der Waals surface area contributed by atoms with Gasteiger partial charge in [-0.05, 0) is 18.9 Å². The molecule has 3 N–H and O–H groups in total. The van der Waals surface area contributed by atoms with Gasteiger partial charge in [0.15, 0.2) is 5.70 Å². The van der Waals surface area contributed by atoms with E-state index in [1.807, 2.05) is 37.3 Å². The van der Waals surface area contributed by atoms with E-state index in [1.165, 1.54) is 6.08 Å². The quantitative estimate of drug-likeness (QED) is 0.574. The minimum Gasteiger partial charge on any atom is -0.389 e. The van der Waals surface area contributed by atoms with Crippen LogP contribution in [0.5, 0.6) is 0 Å². The zero-order valence-corrected chi connectivity index (χ0v) is 12.8. The summed E-state index contributed by atoms with van der Waals surface area (Å²) in [7, 11) is 0. The van der Waals surface area contributed by atoms with E-state index in [9.17, 15) is 10.2 Å². The molecule has 6 nitrogen and oxygen atoms in total. The Morgan fingerprint density at radius 2 is 2.13 bits per heavy atom. The van der Waals surface area contributed by atoms with Gasteiger partial charge in [0.2, 0.25) is 0 Å². The number of hydrogen-bond acceptors (Lipinski definition) is 5. The first-order valence-electron chi connectivity index (χ1n) is 7.61. The molecule has 1 aromatic carbocycles. The Labute approximate surface area is 135 Å². The number of benzene rings is 1. The van der Waals surface area contributed by atoms with Gasteiger partial charge in [0, 0.05) is 0 Å². The summed E-state index contributed by atoms with van der Waals surface area (Å²) >= 11 is 0. The summed E-state index contributed by atoms with van der Waals surface area (Å²) in [5.41, 5.74) is 3.08. The number of fused-ring (bicyclic) bond motifs is 2. The number of rotatable bonds is 4. The molecule has 5 atom stereocenters. The highest BCUT2D eigenvalue weighted by Gasteiger charge is 2.56. The molecule has 0 saturated carbocycles. The molecule has 1 saturated heterocycles. The van der Waals surface area contributed by atoms with Gasteiger partial charge in [0.05, 0.1) is 31.5 Å². The fourth-order valence-corrected chi connectivity index (χ4v) is 3.29. The van der Waals surface area contributed by atoms with Crippen LogP contribution < -0.4 is 5.48 Å². The third kappa shape index (κ3) is 2.90. The van der Waals surface area contributed by atoms with Crippen LogP contribution in [0, 0.1) is 6.57 Å². The van der Waals surface area contributed by atoms with Crippen LogP contribution in [0.15, 0.2) is 42.1 Å². The summed E-state index contributed by atoms with van der Waals surface area (Å²) in [6.07, 6.45) is -1.21. The fourth-order valence-electron chi connectivity index (χ4n) is 3.29. The van der Waals surface area contributed by atoms with Crippen molar-refractivity contribution < 1.29 is 19.8 Å². The van der Waals surface area contributed by atoms with Gasteiger partial charge >= 0.3 is 0 Å². The molecule has 2 aliphatic rings. The molecule has 122 valence electrons. The lowest BCUT2D eigenvalue weighted by atomic mass is 9.73. The van der Waals surface area contributed by atoms with Crippen molar-refractivity contribution in [3.8, 4) is 0 Å². The van der Waals surface area contributed by atoms with Crippen LogP contribution in [0.2, 0.25) is 0 Å². The van der Waals surface area contributed by atoms with E-state index >= 15 is 0 Å². The number of hydroxylamine groups is 1. The molecule has 1 heterocycles. The fraction of sp³-hybridized carbons (Fsp3) is 0.471. The van der Waals surface area contributed by atoms with Crippen LogP contribution in [0.25, 0.3) is 4.85 Å². The second kappa shape index (κ2) is 6.40. The molecular weight excluding hydrogens is 296 g/mol. The van der Waals surface area contributed by atoms with Crippen molar-refractivity contribution in [2.24, 2.45) is 0 Å². The zero-order chi connectivity index (χ0) is 16.4. The molecule has 2 unspecified atom stereocenters. The Bertz CT molecular complexity index is 627. The van der Waals surface area contributed by atoms with E-state index in [0.29, 0.717) is 13.0 Å². The monoisotopic (exact) mass is 316 g/mol. The molecular formula is C17H20N2O4. The summed E-state index contributed by atoms with van der Waals surface area (Å²) in [4.78, 5) is 9.08. The average Bonchev–Trinajstić information content (AvgIpc) is 2.54. The highest BCUT2D eigenvalue weighted by Crippen LogP contribution is 2.41. The van der Waals surface area contributed by atoms with E-state index in [2.05, 4.69) is 10.3 Å². The second-order valence-electron chi connectivity index (χ2n) is 6.06. The van der Waals surface area contributed by atoms with Gasteiger partial charge < -0.3 is 14.9 Å². The molecule has 0 amide bonds. The molecule has 0 radical (unpaired) electrons. The van der Waals surface area contributed by atoms with Crippen molar-refractivity contribution in [3.63, 3.8) is 0 Å². The van der Waals surface area contributed by atoms with E-state index in [4.69, 9.17) is 16.1 Å². The molecule has 0 aromatic heterocycles. The van der Waals surface area contributed by atoms with Crippen LogP contribution in [0.1, 0.15) is 18.9 Å². The molecule has 6 heteroatoms. The van der Waals surface area contributed by atoms with Gasteiger partial charge in [0.25, 0.3) is 0 Å². The molecule has 0 spiro atoms. The number of aliphatic hydroxyl groups is 2. The van der Waals surface area contributed by atoms with Crippen molar-refractivity contribution >= 4 is 0 Å². The highest BCUT2D eigenvalue weighted by atomic mass is 16.6. The Kier molecular flexibility index (Phi) is 4.48. The Morgan fingerprint density at radius 3 is 2.83 bits per heavy atom. The molecule has 23 heavy (non-hydrogen) atoms. The standard InChI is InChI=1S/C17H20N2O4/c1-11-9-17(19-22-10-12-6-4-3-5-7-12)14(18-2)8-13(20)15(23-11)16(17)21/h3-8,11,13,15-16,19-21H,9-10H2,1H3/t11-,13?,15+,16?,17-/m0/s1. The van der Waals surface area contributed by atoms with Crippen molar-refractivity contribution in [1.82, 2.24) is 5.48 Å². The Hall–Kier alpha value is -1.75. The smallest absolute Gasteiger partial charge is 0.189 e. The third-order valence-corrected chi connectivity index (χ3v) is 4.39. The normalized spacial score (nSPS) is 36.2. The summed E-state index contributed by atoms with van der Waals surface area (Å²) in [6, 6.07) is 9.62. The van der Waals surface area contributed by atoms with Gasteiger partial charge in [-0.25, -0.2) is 4.85 Å². The maximum atomic E-state index is 10.6. The molecule has 1 aromatic rings. The van der Waals surface area contributed by atoms with Crippen LogP contribution >= 0.6 is 0 Å². The predicted octanol–water partition coefficient (Wildman–Crippen LogP) is 1.16. The first-order valence-corrected chi connectivity index (χ1v) is 7.61.